The molecule has 1 aliphatic heterocycles. The van der Waals surface area contributed by atoms with Crippen LogP contribution in [0.4, 0.5) is 4.39 Å². The number of nitrogens with one attached hydrogen (secondary N) is 1. The van der Waals surface area contributed by atoms with Gasteiger partial charge in [0.2, 0.25) is 0 Å². The average Bonchev–Trinajstić information content (AvgIpc) is 3.26. The number of likely N-dealkylation sites (tertiary alicyclic amines) is 1. The number of halogens is 1. The van der Waals surface area contributed by atoms with Crippen molar-refractivity contribution in [1.29, 1.82) is 0 Å². The molecule has 4 nitrogen and oxygen atoms in total. The summed E-state index contributed by atoms with van der Waals surface area (Å²) in [5.74, 6) is 0.327. The summed E-state index contributed by atoms with van der Waals surface area (Å²) < 4.78 is 15.6. The molecule has 1 aliphatic rings. The first-order chi connectivity index (χ1) is 13.2. The Labute approximate surface area is 157 Å². The highest BCUT2D eigenvalue weighted by Crippen LogP contribution is 2.33. The smallest absolute Gasteiger partial charge is 0.173 e. The molecule has 4 heterocycles. The zero-order chi connectivity index (χ0) is 18.4. The average molecular weight is 362 g/mol. The first-order valence-corrected chi connectivity index (χ1v) is 9.59. The summed E-state index contributed by atoms with van der Waals surface area (Å²) in [7, 11) is 0. The fourth-order valence-electron chi connectivity index (χ4n) is 4.34. The Morgan fingerprint density at radius 2 is 2.07 bits per heavy atom. The van der Waals surface area contributed by atoms with Gasteiger partial charge in [0.25, 0.3) is 0 Å². The van der Waals surface area contributed by atoms with E-state index in [0.29, 0.717) is 11.6 Å². The molecule has 5 rings (SSSR count). The largest absolute Gasteiger partial charge is 0.361 e. The highest BCUT2D eigenvalue weighted by molar-refractivity contribution is 5.84. The van der Waals surface area contributed by atoms with Crippen LogP contribution in [0.2, 0.25) is 0 Å². The molecule has 1 fully saturated rings. The molecule has 0 atom stereocenters. The molecular formula is C22H23FN4. The number of rotatable bonds is 3. The number of aromatic nitrogens is 3. The molecule has 27 heavy (non-hydrogen) atoms. The Hall–Kier alpha value is -2.66. The second-order valence-electron chi connectivity index (χ2n) is 7.66. The van der Waals surface area contributed by atoms with Gasteiger partial charge >= 0.3 is 0 Å². The lowest BCUT2D eigenvalue weighted by Crippen LogP contribution is -2.32. The number of aromatic amines is 1. The molecule has 1 saturated heterocycles. The number of imidazole rings is 1. The van der Waals surface area contributed by atoms with Crippen LogP contribution >= 0.6 is 0 Å². The third-order valence-electron chi connectivity index (χ3n) is 5.77. The predicted molar refractivity (Wildman–Crippen MR) is 105 cm³/mol. The summed E-state index contributed by atoms with van der Waals surface area (Å²) >= 11 is 0. The number of hydrogen-bond donors (Lipinski definition) is 1. The summed E-state index contributed by atoms with van der Waals surface area (Å²) in [6, 6.07) is 9.82. The van der Waals surface area contributed by atoms with E-state index in [4.69, 9.17) is 0 Å². The van der Waals surface area contributed by atoms with E-state index in [-0.39, 0.29) is 5.82 Å². The maximum atomic E-state index is 13.8. The van der Waals surface area contributed by atoms with Gasteiger partial charge in [-0.3, -0.25) is 4.90 Å². The maximum Gasteiger partial charge on any atom is 0.173 e. The van der Waals surface area contributed by atoms with Crippen molar-refractivity contribution >= 4 is 16.6 Å². The summed E-state index contributed by atoms with van der Waals surface area (Å²) in [6.07, 6.45) is 8.26. The molecule has 0 radical (unpaired) electrons. The number of piperidine rings is 1. The minimum absolute atomic E-state index is 0.267. The van der Waals surface area contributed by atoms with Crippen LogP contribution in [0.3, 0.4) is 0 Å². The number of aryl methyl sites for hydroxylation is 1. The van der Waals surface area contributed by atoms with Crippen molar-refractivity contribution in [2.75, 3.05) is 13.1 Å². The number of hydrogen-bond acceptors (Lipinski definition) is 2. The topological polar surface area (TPSA) is 36.3 Å². The monoisotopic (exact) mass is 362 g/mol. The van der Waals surface area contributed by atoms with E-state index in [0.717, 1.165) is 38.2 Å². The highest BCUT2D eigenvalue weighted by Gasteiger charge is 2.23. The van der Waals surface area contributed by atoms with Crippen molar-refractivity contribution < 1.29 is 4.39 Å². The van der Waals surface area contributed by atoms with Gasteiger partial charge in [-0.2, -0.15) is 0 Å². The van der Waals surface area contributed by atoms with Gasteiger partial charge in [-0.25, -0.2) is 9.37 Å². The van der Waals surface area contributed by atoms with E-state index in [1.807, 2.05) is 12.4 Å². The van der Waals surface area contributed by atoms with Gasteiger partial charge in [0.05, 0.1) is 5.69 Å². The fourth-order valence-corrected chi connectivity index (χ4v) is 4.34. The molecule has 1 N–H and O–H groups in total. The molecule has 0 saturated carbocycles. The van der Waals surface area contributed by atoms with E-state index in [1.165, 1.54) is 28.1 Å². The molecule has 0 amide bonds. The van der Waals surface area contributed by atoms with Gasteiger partial charge in [0.1, 0.15) is 0 Å². The maximum absolute atomic E-state index is 13.8. The number of pyridine rings is 1. The number of benzene rings is 1. The van der Waals surface area contributed by atoms with Crippen molar-refractivity contribution in [3.05, 3.63) is 71.6 Å². The highest BCUT2D eigenvalue weighted by atomic mass is 19.1. The van der Waals surface area contributed by atoms with Crippen LogP contribution in [0.1, 0.15) is 35.6 Å². The van der Waals surface area contributed by atoms with Crippen molar-refractivity contribution in [1.82, 2.24) is 19.3 Å². The first-order valence-electron chi connectivity index (χ1n) is 9.59. The molecule has 0 bridgehead atoms. The fraction of sp³-hybridized carbons (Fsp3) is 0.318. The van der Waals surface area contributed by atoms with E-state index in [2.05, 4.69) is 46.2 Å². The van der Waals surface area contributed by atoms with E-state index < -0.39 is 0 Å². The number of H-pyrrole nitrogens is 1. The van der Waals surface area contributed by atoms with E-state index in [9.17, 15) is 4.39 Å². The molecule has 138 valence electrons. The Kier molecular flexibility index (Phi) is 3.97. The Morgan fingerprint density at radius 3 is 2.89 bits per heavy atom. The Bertz CT molecular complexity index is 1100. The van der Waals surface area contributed by atoms with Crippen LogP contribution in [0.25, 0.3) is 16.6 Å². The van der Waals surface area contributed by atoms with Crippen molar-refractivity contribution in [2.45, 2.75) is 32.2 Å². The first kappa shape index (κ1) is 16.5. The normalized spacial score (nSPS) is 16.5. The number of nitrogens with zero attached hydrogens (tertiary/aromatic N) is 3. The Balaban J connectivity index is 1.28. The van der Waals surface area contributed by atoms with Gasteiger partial charge in [0.15, 0.2) is 11.5 Å². The summed E-state index contributed by atoms with van der Waals surface area (Å²) in [6.45, 7) is 4.99. The predicted octanol–water partition coefficient (Wildman–Crippen LogP) is 4.64. The van der Waals surface area contributed by atoms with Crippen LogP contribution in [-0.2, 0) is 6.54 Å². The van der Waals surface area contributed by atoms with E-state index in [1.54, 1.807) is 10.5 Å². The van der Waals surface area contributed by atoms with Gasteiger partial charge < -0.3 is 9.38 Å². The zero-order valence-corrected chi connectivity index (χ0v) is 15.5. The van der Waals surface area contributed by atoms with Gasteiger partial charge in [0, 0.05) is 36.0 Å². The SMILES string of the molecule is Cc1ccc2c(C3CCN(Cc4cn5cccc(F)c5n4)CC3)c[nH]c2c1. The van der Waals surface area contributed by atoms with Crippen LogP contribution in [0.5, 0.6) is 0 Å². The zero-order valence-electron chi connectivity index (χ0n) is 15.5. The summed E-state index contributed by atoms with van der Waals surface area (Å²) in [4.78, 5) is 10.3. The molecule has 3 aromatic heterocycles. The van der Waals surface area contributed by atoms with Crippen molar-refractivity contribution in [3.63, 3.8) is 0 Å². The summed E-state index contributed by atoms with van der Waals surface area (Å²) in [5.41, 5.74) is 5.31. The lowest BCUT2D eigenvalue weighted by atomic mass is 9.89. The molecule has 0 aliphatic carbocycles. The third kappa shape index (κ3) is 3.02. The van der Waals surface area contributed by atoms with Crippen LogP contribution in [0.15, 0.2) is 48.9 Å². The lowest BCUT2D eigenvalue weighted by Gasteiger charge is -2.31. The number of fused-ring (bicyclic) bond motifs is 2. The standard InChI is InChI=1S/C22H23FN4/c1-15-4-5-18-19(12-24-21(18)11-15)16-6-9-26(10-7-16)13-17-14-27-8-2-3-20(23)22(27)25-17/h2-5,8,11-12,14,16,24H,6-7,9-10,13H2,1H3. The molecule has 5 heteroatoms. The molecular weight excluding hydrogens is 339 g/mol. The van der Waals surface area contributed by atoms with Crippen LogP contribution in [-0.4, -0.2) is 32.4 Å². The Morgan fingerprint density at radius 1 is 1.22 bits per heavy atom. The quantitative estimate of drug-likeness (QED) is 0.576. The minimum atomic E-state index is -0.267. The van der Waals surface area contributed by atoms with E-state index >= 15 is 0 Å². The van der Waals surface area contributed by atoms with Gasteiger partial charge in [-0.15, -0.1) is 0 Å². The van der Waals surface area contributed by atoms with Crippen LogP contribution < -0.4 is 0 Å². The second-order valence-corrected chi connectivity index (χ2v) is 7.66. The molecule has 0 unspecified atom stereocenters. The summed E-state index contributed by atoms with van der Waals surface area (Å²) in [5, 5.41) is 1.36. The van der Waals surface area contributed by atoms with Crippen LogP contribution in [0, 0.1) is 12.7 Å². The minimum Gasteiger partial charge on any atom is -0.361 e. The molecule has 1 aromatic carbocycles. The van der Waals surface area contributed by atoms with Gasteiger partial charge in [-0.1, -0.05) is 12.1 Å². The van der Waals surface area contributed by atoms with Crippen molar-refractivity contribution in [3.8, 4) is 0 Å². The lowest BCUT2D eigenvalue weighted by molar-refractivity contribution is 0.203. The molecule has 4 aromatic rings. The second kappa shape index (κ2) is 6.50. The molecule has 0 spiro atoms. The van der Waals surface area contributed by atoms with Crippen molar-refractivity contribution in [2.24, 2.45) is 0 Å². The third-order valence-corrected chi connectivity index (χ3v) is 5.77. The van der Waals surface area contributed by atoms with Gasteiger partial charge in [-0.05, 0) is 68.1 Å².